The van der Waals surface area contributed by atoms with Crippen molar-refractivity contribution in [3.8, 4) is 0 Å². The highest BCUT2D eigenvalue weighted by molar-refractivity contribution is 7.11. The van der Waals surface area contributed by atoms with Crippen molar-refractivity contribution < 1.29 is 9.53 Å². The standard InChI is InChI=1S/C16H22N2O2S/c1-10-3-4-11(21-10)9-17-15(19)18-13-12-5-8-20-14(12)16(13)6-2-7-16/h3-4,12-14H,2,5-9H2,1H3,(H2,17,18,19)/t12-,13-,14+/m1/s1. The molecule has 114 valence electrons. The van der Waals surface area contributed by atoms with Crippen molar-refractivity contribution >= 4 is 17.4 Å². The Hall–Kier alpha value is -1.07. The SMILES string of the molecule is Cc1ccc(CNC(=O)N[C@@H]2[C@H]3CCO[C@@H]3C23CCC3)s1. The summed E-state index contributed by atoms with van der Waals surface area (Å²) in [6.45, 7) is 3.57. The molecule has 3 aliphatic rings. The third-order valence-electron chi connectivity index (χ3n) is 5.54. The Morgan fingerprint density at radius 1 is 1.48 bits per heavy atom. The van der Waals surface area contributed by atoms with E-state index >= 15 is 0 Å². The minimum atomic E-state index is -0.0253. The number of ether oxygens (including phenoxy) is 1. The molecule has 3 fully saturated rings. The lowest BCUT2D eigenvalue weighted by Gasteiger charge is -2.63. The number of rotatable bonds is 3. The van der Waals surface area contributed by atoms with Crippen molar-refractivity contribution in [2.24, 2.45) is 11.3 Å². The van der Waals surface area contributed by atoms with E-state index in [0.29, 0.717) is 24.6 Å². The summed E-state index contributed by atoms with van der Waals surface area (Å²) in [7, 11) is 0. The van der Waals surface area contributed by atoms with Crippen LogP contribution in [0, 0.1) is 18.3 Å². The van der Waals surface area contributed by atoms with Crippen molar-refractivity contribution in [1.82, 2.24) is 10.6 Å². The fraction of sp³-hybridized carbons (Fsp3) is 0.688. The number of aryl methyl sites for hydroxylation is 1. The molecule has 21 heavy (non-hydrogen) atoms. The number of urea groups is 1. The Bertz CT molecular complexity index is 552. The van der Waals surface area contributed by atoms with Gasteiger partial charge in [0.2, 0.25) is 0 Å². The van der Waals surface area contributed by atoms with Crippen LogP contribution in [-0.2, 0) is 11.3 Å². The van der Waals surface area contributed by atoms with Gasteiger partial charge in [0.1, 0.15) is 0 Å². The molecule has 4 nitrogen and oxygen atoms in total. The summed E-state index contributed by atoms with van der Waals surface area (Å²) in [5.41, 5.74) is 0.262. The van der Waals surface area contributed by atoms with E-state index in [9.17, 15) is 4.79 Å². The Balaban J connectivity index is 1.34. The quantitative estimate of drug-likeness (QED) is 0.902. The second kappa shape index (κ2) is 4.99. The van der Waals surface area contributed by atoms with Crippen LogP contribution >= 0.6 is 11.3 Å². The number of amides is 2. The first-order chi connectivity index (χ1) is 10.2. The molecule has 5 heteroatoms. The number of carbonyl (C=O) groups is 1. The Morgan fingerprint density at radius 2 is 2.33 bits per heavy atom. The smallest absolute Gasteiger partial charge is 0.315 e. The fourth-order valence-electron chi connectivity index (χ4n) is 4.40. The number of hydrogen-bond donors (Lipinski definition) is 2. The molecule has 2 aliphatic carbocycles. The van der Waals surface area contributed by atoms with Gasteiger partial charge in [-0.3, -0.25) is 0 Å². The summed E-state index contributed by atoms with van der Waals surface area (Å²) in [5, 5.41) is 6.23. The van der Waals surface area contributed by atoms with E-state index in [-0.39, 0.29) is 11.4 Å². The molecular weight excluding hydrogens is 284 g/mol. The van der Waals surface area contributed by atoms with E-state index in [4.69, 9.17) is 4.74 Å². The molecule has 1 spiro atoms. The largest absolute Gasteiger partial charge is 0.377 e. The van der Waals surface area contributed by atoms with E-state index in [1.165, 1.54) is 29.0 Å². The normalized spacial score (nSPS) is 32.1. The van der Waals surface area contributed by atoms with Gasteiger partial charge < -0.3 is 15.4 Å². The zero-order valence-electron chi connectivity index (χ0n) is 12.4. The van der Waals surface area contributed by atoms with E-state index in [1.807, 2.05) is 0 Å². The second-order valence-electron chi connectivity index (χ2n) is 6.65. The van der Waals surface area contributed by atoms with Gasteiger partial charge in [0.25, 0.3) is 0 Å². The highest BCUT2D eigenvalue weighted by Gasteiger charge is 2.66. The average molecular weight is 306 g/mol. The van der Waals surface area contributed by atoms with Crippen LogP contribution < -0.4 is 10.6 Å². The molecule has 1 aromatic rings. The Morgan fingerprint density at radius 3 is 3.00 bits per heavy atom. The number of hydrogen-bond acceptors (Lipinski definition) is 3. The summed E-state index contributed by atoms with van der Waals surface area (Å²) < 4.78 is 5.88. The van der Waals surface area contributed by atoms with E-state index < -0.39 is 0 Å². The van der Waals surface area contributed by atoms with Crippen LogP contribution in [0.3, 0.4) is 0 Å². The van der Waals surface area contributed by atoms with Gasteiger partial charge in [0.05, 0.1) is 12.6 Å². The van der Waals surface area contributed by atoms with Gasteiger partial charge in [0, 0.05) is 33.7 Å². The first-order valence-corrected chi connectivity index (χ1v) is 8.72. The van der Waals surface area contributed by atoms with Crippen LogP contribution in [0.15, 0.2) is 12.1 Å². The predicted molar refractivity (Wildman–Crippen MR) is 82.3 cm³/mol. The van der Waals surface area contributed by atoms with Crippen molar-refractivity contribution in [3.63, 3.8) is 0 Å². The molecular formula is C16H22N2O2S. The maximum Gasteiger partial charge on any atom is 0.315 e. The van der Waals surface area contributed by atoms with Crippen LogP contribution in [0.4, 0.5) is 4.79 Å². The third-order valence-corrected chi connectivity index (χ3v) is 6.54. The molecule has 1 aliphatic heterocycles. The van der Waals surface area contributed by atoms with Crippen molar-refractivity contribution in [3.05, 3.63) is 21.9 Å². The van der Waals surface area contributed by atoms with E-state index in [0.717, 1.165) is 13.0 Å². The van der Waals surface area contributed by atoms with Crippen LogP contribution in [0.25, 0.3) is 0 Å². The monoisotopic (exact) mass is 306 g/mol. The van der Waals surface area contributed by atoms with Crippen molar-refractivity contribution in [1.29, 1.82) is 0 Å². The zero-order valence-corrected chi connectivity index (χ0v) is 13.2. The summed E-state index contributed by atoms with van der Waals surface area (Å²) in [4.78, 5) is 14.7. The Kier molecular flexibility index (Phi) is 3.23. The molecule has 0 aromatic carbocycles. The van der Waals surface area contributed by atoms with Crippen LogP contribution in [-0.4, -0.2) is 24.8 Å². The zero-order chi connectivity index (χ0) is 14.4. The van der Waals surface area contributed by atoms with Gasteiger partial charge in [-0.25, -0.2) is 4.79 Å². The molecule has 2 N–H and O–H groups in total. The fourth-order valence-corrected chi connectivity index (χ4v) is 5.23. The molecule has 2 saturated carbocycles. The highest BCUT2D eigenvalue weighted by Crippen LogP contribution is 2.62. The number of thiophene rings is 1. The van der Waals surface area contributed by atoms with Gasteiger partial charge >= 0.3 is 6.03 Å². The molecule has 0 bridgehead atoms. The van der Waals surface area contributed by atoms with Crippen LogP contribution in [0.1, 0.15) is 35.4 Å². The summed E-state index contributed by atoms with van der Waals surface area (Å²) in [6.07, 6.45) is 5.21. The highest BCUT2D eigenvalue weighted by atomic mass is 32.1. The van der Waals surface area contributed by atoms with E-state index in [1.54, 1.807) is 11.3 Å². The maximum absolute atomic E-state index is 12.2. The predicted octanol–water partition coefficient (Wildman–Crippen LogP) is 2.81. The molecule has 1 aromatic heterocycles. The molecule has 3 atom stereocenters. The van der Waals surface area contributed by atoms with Crippen molar-refractivity contribution in [2.75, 3.05) is 6.61 Å². The molecule has 0 unspecified atom stereocenters. The van der Waals surface area contributed by atoms with Gasteiger partial charge in [-0.1, -0.05) is 6.42 Å². The minimum absolute atomic E-state index is 0.0253. The second-order valence-corrected chi connectivity index (χ2v) is 8.02. The van der Waals surface area contributed by atoms with Gasteiger partial charge in [-0.2, -0.15) is 0 Å². The molecule has 0 radical (unpaired) electrons. The van der Waals surface area contributed by atoms with Crippen LogP contribution in [0.2, 0.25) is 0 Å². The average Bonchev–Trinajstić information content (AvgIpc) is 3.00. The molecule has 1 saturated heterocycles. The lowest BCUT2D eigenvalue weighted by molar-refractivity contribution is -0.172. The minimum Gasteiger partial charge on any atom is -0.377 e. The lowest BCUT2D eigenvalue weighted by atomic mass is 9.46. The molecule has 2 amide bonds. The third kappa shape index (κ3) is 2.09. The van der Waals surface area contributed by atoms with Gasteiger partial charge in [-0.05, 0) is 38.3 Å². The first-order valence-electron chi connectivity index (χ1n) is 7.90. The maximum atomic E-state index is 12.2. The first kappa shape index (κ1) is 13.6. The van der Waals surface area contributed by atoms with Crippen LogP contribution in [0.5, 0.6) is 0 Å². The lowest BCUT2D eigenvalue weighted by Crippen LogP contribution is -2.72. The summed E-state index contributed by atoms with van der Waals surface area (Å²) in [5.74, 6) is 0.542. The Labute approximate surface area is 129 Å². The number of fused-ring (bicyclic) bond motifs is 2. The molecule has 4 rings (SSSR count). The topological polar surface area (TPSA) is 50.4 Å². The van der Waals surface area contributed by atoms with E-state index in [2.05, 4.69) is 29.7 Å². The summed E-state index contributed by atoms with van der Waals surface area (Å²) in [6, 6.07) is 4.47. The number of carbonyl (C=O) groups excluding carboxylic acids is 1. The number of nitrogens with one attached hydrogen (secondary N) is 2. The van der Waals surface area contributed by atoms with Gasteiger partial charge in [-0.15, -0.1) is 11.3 Å². The molecule has 2 heterocycles. The van der Waals surface area contributed by atoms with Gasteiger partial charge in [0.15, 0.2) is 0 Å². The van der Waals surface area contributed by atoms with Crippen molar-refractivity contribution in [2.45, 2.75) is 51.3 Å². The summed E-state index contributed by atoms with van der Waals surface area (Å²) >= 11 is 1.74.